The molecule has 17 heavy (non-hydrogen) atoms. The highest BCUT2D eigenvalue weighted by Crippen LogP contribution is 2.42. The van der Waals surface area contributed by atoms with Crippen molar-refractivity contribution in [3.05, 3.63) is 0 Å². The summed E-state index contributed by atoms with van der Waals surface area (Å²) >= 11 is 0. The molecule has 0 atom stereocenters. The molecule has 0 amide bonds. The van der Waals surface area contributed by atoms with Crippen molar-refractivity contribution in [2.45, 2.75) is 65.9 Å². The first kappa shape index (κ1) is 15.0. The third-order valence-corrected chi connectivity index (χ3v) is 4.27. The third-order valence-electron chi connectivity index (χ3n) is 4.27. The first-order chi connectivity index (χ1) is 7.93. The molecule has 1 aliphatic carbocycles. The van der Waals surface area contributed by atoms with E-state index in [4.69, 9.17) is 4.74 Å². The minimum absolute atomic E-state index is 0.118. The molecule has 0 heterocycles. The van der Waals surface area contributed by atoms with Crippen LogP contribution in [0.4, 0.5) is 0 Å². The lowest BCUT2D eigenvalue weighted by Crippen LogP contribution is -2.47. The first-order valence-electron chi connectivity index (χ1n) is 7.28. The van der Waals surface area contributed by atoms with Crippen LogP contribution in [0.25, 0.3) is 0 Å². The normalized spacial score (nSPS) is 30.5. The van der Waals surface area contributed by atoms with Crippen LogP contribution < -0.4 is 5.32 Å². The molecule has 0 spiro atoms. The monoisotopic (exact) mass is 241 g/mol. The zero-order valence-corrected chi connectivity index (χ0v) is 12.4. The number of ether oxygens (including phenoxy) is 1. The molecule has 1 aliphatic rings. The number of hydrogen-bond acceptors (Lipinski definition) is 2. The molecule has 0 unspecified atom stereocenters. The second kappa shape index (κ2) is 6.19. The van der Waals surface area contributed by atoms with E-state index in [1.807, 2.05) is 0 Å². The van der Waals surface area contributed by atoms with Gasteiger partial charge >= 0.3 is 0 Å². The van der Waals surface area contributed by atoms with Gasteiger partial charge in [0, 0.05) is 13.2 Å². The lowest BCUT2D eigenvalue weighted by atomic mass is 9.68. The van der Waals surface area contributed by atoms with Gasteiger partial charge in [-0.2, -0.15) is 0 Å². The van der Waals surface area contributed by atoms with Gasteiger partial charge in [0.25, 0.3) is 0 Å². The molecule has 0 bridgehead atoms. The number of rotatable bonds is 5. The molecule has 0 aliphatic heterocycles. The minimum Gasteiger partial charge on any atom is -0.374 e. The molecular weight excluding hydrogens is 210 g/mol. The first-order valence-corrected chi connectivity index (χ1v) is 7.28. The fourth-order valence-electron chi connectivity index (χ4n) is 3.04. The van der Waals surface area contributed by atoms with Gasteiger partial charge in [-0.15, -0.1) is 0 Å². The topological polar surface area (TPSA) is 21.3 Å². The van der Waals surface area contributed by atoms with E-state index in [2.05, 4.69) is 39.9 Å². The quantitative estimate of drug-likeness (QED) is 0.794. The van der Waals surface area contributed by atoms with E-state index < -0.39 is 0 Å². The summed E-state index contributed by atoms with van der Waals surface area (Å²) in [5.74, 6) is 0.859. The molecular formula is C15H31NO. The van der Waals surface area contributed by atoms with Crippen molar-refractivity contribution in [2.24, 2.45) is 11.3 Å². The molecule has 2 nitrogen and oxygen atoms in total. The average Bonchev–Trinajstić information content (AvgIpc) is 2.26. The fourth-order valence-corrected chi connectivity index (χ4v) is 3.04. The Morgan fingerprint density at radius 1 is 1.18 bits per heavy atom. The van der Waals surface area contributed by atoms with E-state index in [0.29, 0.717) is 5.41 Å². The molecule has 0 aromatic rings. The van der Waals surface area contributed by atoms with Gasteiger partial charge in [-0.05, 0) is 50.5 Å². The van der Waals surface area contributed by atoms with Crippen LogP contribution in [0.2, 0.25) is 0 Å². The average molecular weight is 241 g/mol. The van der Waals surface area contributed by atoms with Crippen molar-refractivity contribution in [2.75, 3.05) is 19.7 Å². The lowest BCUT2D eigenvalue weighted by Gasteiger charge is -2.44. The van der Waals surface area contributed by atoms with Crippen LogP contribution in [-0.4, -0.2) is 25.3 Å². The van der Waals surface area contributed by atoms with Gasteiger partial charge in [-0.1, -0.05) is 27.7 Å². The number of nitrogens with one attached hydrogen (secondary N) is 1. The summed E-state index contributed by atoms with van der Waals surface area (Å²) in [6, 6.07) is 0. The molecule has 2 heteroatoms. The van der Waals surface area contributed by atoms with E-state index in [0.717, 1.165) is 25.6 Å². The Bertz CT molecular complexity index is 211. The summed E-state index contributed by atoms with van der Waals surface area (Å²) in [7, 11) is 0. The zero-order chi connectivity index (χ0) is 12.9. The van der Waals surface area contributed by atoms with E-state index in [-0.39, 0.29) is 5.60 Å². The molecule has 0 aromatic carbocycles. The van der Waals surface area contributed by atoms with E-state index in [1.54, 1.807) is 0 Å². The van der Waals surface area contributed by atoms with Crippen molar-refractivity contribution in [1.82, 2.24) is 5.32 Å². The van der Waals surface area contributed by atoms with Gasteiger partial charge in [0.05, 0.1) is 5.60 Å². The van der Waals surface area contributed by atoms with Gasteiger partial charge in [0.1, 0.15) is 0 Å². The highest BCUT2D eigenvalue weighted by Gasteiger charge is 2.38. The summed E-state index contributed by atoms with van der Waals surface area (Å²) in [5, 5.41) is 3.47. The van der Waals surface area contributed by atoms with Crippen LogP contribution in [-0.2, 0) is 4.74 Å². The van der Waals surface area contributed by atoms with Crippen LogP contribution in [0.3, 0.4) is 0 Å². The molecule has 1 rings (SSSR count). The highest BCUT2D eigenvalue weighted by atomic mass is 16.5. The van der Waals surface area contributed by atoms with Crippen molar-refractivity contribution < 1.29 is 4.74 Å². The van der Waals surface area contributed by atoms with E-state index in [9.17, 15) is 0 Å². The van der Waals surface area contributed by atoms with Crippen LogP contribution in [0, 0.1) is 11.3 Å². The summed E-state index contributed by atoms with van der Waals surface area (Å²) in [4.78, 5) is 0. The van der Waals surface area contributed by atoms with Crippen LogP contribution in [0.15, 0.2) is 0 Å². The Hall–Kier alpha value is -0.0800. The molecule has 1 N–H and O–H groups in total. The van der Waals surface area contributed by atoms with E-state index in [1.165, 1.54) is 25.7 Å². The minimum atomic E-state index is 0.118. The maximum atomic E-state index is 6.07. The highest BCUT2D eigenvalue weighted by molar-refractivity contribution is 4.92. The number of likely N-dealkylation sites (N-methyl/N-ethyl adjacent to an activating group) is 1. The van der Waals surface area contributed by atoms with Gasteiger partial charge in [0.15, 0.2) is 0 Å². The SMILES string of the molecule is CCNCC1(OCC)CCC(C(C)(C)C)CC1. The maximum absolute atomic E-state index is 6.07. The Morgan fingerprint density at radius 2 is 1.76 bits per heavy atom. The summed E-state index contributed by atoms with van der Waals surface area (Å²) < 4.78 is 6.07. The molecule has 0 radical (unpaired) electrons. The smallest absolute Gasteiger partial charge is 0.0806 e. The summed E-state index contributed by atoms with van der Waals surface area (Å²) in [5.41, 5.74) is 0.572. The van der Waals surface area contributed by atoms with Gasteiger partial charge in [-0.25, -0.2) is 0 Å². The second-order valence-corrected chi connectivity index (χ2v) is 6.54. The van der Waals surface area contributed by atoms with Crippen LogP contribution >= 0.6 is 0 Å². The molecule has 1 fully saturated rings. The Balaban J connectivity index is 2.54. The van der Waals surface area contributed by atoms with Crippen LogP contribution in [0.5, 0.6) is 0 Å². The van der Waals surface area contributed by atoms with Gasteiger partial charge in [0.2, 0.25) is 0 Å². The van der Waals surface area contributed by atoms with Gasteiger partial charge < -0.3 is 10.1 Å². The van der Waals surface area contributed by atoms with Crippen LogP contribution in [0.1, 0.15) is 60.3 Å². The molecule has 0 saturated heterocycles. The Labute approximate surface area is 108 Å². The number of hydrogen-bond donors (Lipinski definition) is 1. The Kier molecular flexibility index (Phi) is 5.46. The summed E-state index contributed by atoms with van der Waals surface area (Å²) in [6.45, 7) is 14.3. The van der Waals surface area contributed by atoms with Gasteiger partial charge in [-0.3, -0.25) is 0 Å². The standard InChI is InChI=1S/C15H31NO/c1-6-16-12-15(17-7-2)10-8-13(9-11-15)14(3,4)5/h13,16H,6-12H2,1-5H3. The Morgan fingerprint density at radius 3 is 2.18 bits per heavy atom. The van der Waals surface area contributed by atoms with Crippen molar-refractivity contribution in [3.63, 3.8) is 0 Å². The van der Waals surface area contributed by atoms with Crippen molar-refractivity contribution >= 4 is 0 Å². The predicted octanol–water partition coefficient (Wildman–Crippen LogP) is 3.61. The fraction of sp³-hybridized carbons (Fsp3) is 1.00. The van der Waals surface area contributed by atoms with E-state index >= 15 is 0 Å². The van der Waals surface area contributed by atoms with Crippen molar-refractivity contribution in [3.8, 4) is 0 Å². The maximum Gasteiger partial charge on any atom is 0.0806 e. The summed E-state index contributed by atoms with van der Waals surface area (Å²) in [6.07, 6.45) is 5.06. The zero-order valence-electron chi connectivity index (χ0n) is 12.4. The third kappa shape index (κ3) is 4.26. The predicted molar refractivity (Wildman–Crippen MR) is 74.3 cm³/mol. The second-order valence-electron chi connectivity index (χ2n) is 6.54. The lowest BCUT2D eigenvalue weighted by molar-refractivity contribution is -0.0793. The molecule has 0 aromatic heterocycles. The molecule has 1 saturated carbocycles. The largest absolute Gasteiger partial charge is 0.374 e. The molecule has 102 valence electrons. The van der Waals surface area contributed by atoms with Crippen molar-refractivity contribution in [1.29, 1.82) is 0 Å².